The number of hydrogen-bond acceptors (Lipinski definition) is 5. The predicted molar refractivity (Wildman–Crippen MR) is 105 cm³/mol. The normalized spacial score (nSPS) is 13.9. The van der Waals surface area contributed by atoms with Crippen molar-refractivity contribution in [1.82, 2.24) is 15.6 Å². The van der Waals surface area contributed by atoms with Crippen molar-refractivity contribution in [1.29, 1.82) is 0 Å². The Morgan fingerprint density at radius 1 is 1.07 bits per heavy atom. The van der Waals surface area contributed by atoms with Gasteiger partial charge in [0.15, 0.2) is 0 Å². The highest BCUT2D eigenvalue weighted by Crippen LogP contribution is 2.21. The van der Waals surface area contributed by atoms with Crippen LogP contribution in [0.4, 0.5) is 4.79 Å². The van der Waals surface area contributed by atoms with Gasteiger partial charge in [-0.15, -0.1) is 0 Å². The molecule has 0 radical (unpaired) electrons. The summed E-state index contributed by atoms with van der Waals surface area (Å²) < 4.78 is 5.22. The summed E-state index contributed by atoms with van der Waals surface area (Å²) in [6, 6.07) is 3.07. The number of carbonyl (C=O) groups is 3. The van der Waals surface area contributed by atoms with E-state index < -0.39 is 35.7 Å². The van der Waals surface area contributed by atoms with E-state index in [4.69, 9.17) is 4.74 Å². The maximum atomic E-state index is 12.8. The van der Waals surface area contributed by atoms with Gasteiger partial charge in [-0.25, -0.2) is 9.59 Å². The molecule has 28 heavy (non-hydrogen) atoms. The van der Waals surface area contributed by atoms with Crippen molar-refractivity contribution in [3.05, 3.63) is 30.1 Å². The zero-order chi connectivity index (χ0) is 21.5. The highest BCUT2D eigenvalue weighted by atomic mass is 16.6. The number of carboxylic acids is 1. The number of carboxylic acid groups (broad SMARTS) is 1. The quantitative estimate of drug-likeness (QED) is 0.655. The van der Waals surface area contributed by atoms with Crippen LogP contribution in [0.25, 0.3) is 0 Å². The summed E-state index contributed by atoms with van der Waals surface area (Å²) in [4.78, 5) is 40.6. The van der Waals surface area contributed by atoms with Crippen molar-refractivity contribution in [3.63, 3.8) is 0 Å². The third kappa shape index (κ3) is 9.34. The number of nitrogens with zero attached hydrogens (tertiary/aromatic N) is 1. The number of nitrogens with one attached hydrogen (secondary N) is 2. The van der Waals surface area contributed by atoms with E-state index in [1.165, 1.54) is 0 Å². The highest BCUT2D eigenvalue weighted by molar-refractivity contribution is 5.89. The molecule has 0 aliphatic heterocycles. The zero-order valence-electron chi connectivity index (χ0n) is 17.4. The molecule has 2 amide bonds. The van der Waals surface area contributed by atoms with Gasteiger partial charge in [0.1, 0.15) is 17.7 Å². The second-order valence-electron chi connectivity index (χ2n) is 8.89. The Kier molecular flexibility index (Phi) is 7.96. The van der Waals surface area contributed by atoms with E-state index >= 15 is 0 Å². The maximum absolute atomic E-state index is 12.8. The van der Waals surface area contributed by atoms with Crippen LogP contribution in [0.3, 0.4) is 0 Å². The molecule has 0 saturated heterocycles. The molecular formula is C20H31N3O5. The lowest BCUT2D eigenvalue weighted by molar-refractivity contribution is -0.142. The minimum absolute atomic E-state index is 0.0383. The second kappa shape index (κ2) is 9.52. The molecule has 8 nitrogen and oxygen atoms in total. The average Bonchev–Trinajstić information content (AvgIpc) is 2.51. The number of pyridine rings is 1. The first-order chi connectivity index (χ1) is 12.8. The van der Waals surface area contributed by atoms with Crippen LogP contribution < -0.4 is 10.6 Å². The average molecular weight is 393 g/mol. The Morgan fingerprint density at radius 3 is 2.18 bits per heavy atom. The van der Waals surface area contributed by atoms with E-state index in [0.717, 1.165) is 0 Å². The van der Waals surface area contributed by atoms with Crippen molar-refractivity contribution in [3.8, 4) is 0 Å². The third-order valence-electron chi connectivity index (χ3n) is 3.58. The minimum Gasteiger partial charge on any atom is -0.480 e. The van der Waals surface area contributed by atoms with Crippen LogP contribution in [0.2, 0.25) is 0 Å². The van der Waals surface area contributed by atoms with Crippen molar-refractivity contribution >= 4 is 18.0 Å². The summed E-state index contributed by atoms with van der Waals surface area (Å²) in [5.41, 5.74) is -0.450. The van der Waals surface area contributed by atoms with E-state index in [2.05, 4.69) is 15.6 Å². The fourth-order valence-corrected chi connectivity index (χ4v) is 2.47. The molecule has 1 aromatic heterocycles. The number of aromatic nitrogens is 1. The lowest BCUT2D eigenvalue weighted by atomic mass is 9.87. The zero-order valence-corrected chi connectivity index (χ0v) is 17.4. The smallest absolute Gasteiger partial charge is 0.408 e. The topological polar surface area (TPSA) is 118 Å². The molecule has 0 aliphatic carbocycles. The van der Waals surface area contributed by atoms with E-state index in [1.54, 1.807) is 45.2 Å². The Balaban J connectivity index is 2.90. The van der Waals surface area contributed by atoms with Crippen molar-refractivity contribution < 1.29 is 24.2 Å². The first kappa shape index (κ1) is 23.4. The minimum atomic E-state index is -1.18. The Hall–Kier alpha value is -2.64. The van der Waals surface area contributed by atoms with Gasteiger partial charge in [0, 0.05) is 18.3 Å². The summed E-state index contributed by atoms with van der Waals surface area (Å²) in [7, 11) is 0. The molecule has 8 heteroatoms. The molecule has 0 unspecified atom stereocenters. The number of alkyl carbamates (subject to hydrolysis) is 1. The summed E-state index contributed by atoms with van der Waals surface area (Å²) in [6.07, 6.45) is 1.18. The maximum Gasteiger partial charge on any atom is 0.408 e. The number of aliphatic carboxylic acids is 1. The lowest BCUT2D eigenvalue weighted by Crippen LogP contribution is -2.53. The third-order valence-corrected chi connectivity index (χ3v) is 3.58. The van der Waals surface area contributed by atoms with Crippen molar-refractivity contribution in [2.75, 3.05) is 0 Å². The summed E-state index contributed by atoms with van der Waals surface area (Å²) in [5.74, 6) is -1.75. The summed E-state index contributed by atoms with van der Waals surface area (Å²) in [5, 5.41) is 14.5. The molecule has 0 aliphatic rings. The molecule has 0 saturated carbocycles. The van der Waals surface area contributed by atoms with Gasteiger partial charge in [-0.3, -0.25) is 9.78 Å². The van der Waals surface area contributed by atoms with Crippen molar-refractivity contribution in [2.24, 2.45) is 5.41 Å². The molecule has 0 aromatic carbocycles. The van der Waals surface area contributed by atoms with Gasteiger partial charge in [0.05, 0.1) is 0 Å². The summed E-state index contributed by atoms with van der Waals surface area (Å²) >= 11 is 0. The van der Waals surface area contributed by atoms with Crippen LogP contribution in [-0.2, 0) is 20.7 Å². The van der Waals surface area contributed by atoms with Gasteiger partial charge in [0.25, 0.3) is 0 Å². The molecule has 1 rings (SSSR count). The first-order valence-corrected chi connectivity index (χ1v) is 9.19. The van der Waals surface area contributed by atoms with E-state index in [1.807, 2.05) is 20.8 Å². The molecule has 0 fully saturated rings. The molecule has 156 valence electrons. The lowest BCUT2D eigenvalue weighted by Gasteiger charge is -2.28. The number of amides is 2. The van der Waals surface area contributed by atoms with Crippen LogP contribution in [0, 0.1) is 5.41 Å². The standard InChI is InChI=1S/C20H31N3O5/c1-19(2,3)12-15(23-18(27)28-20(4,5)6)16(24)22-14(17(25)26)11-13-9-7-8-10-21-13/h7-10,14-15H,11-12H2,1-6H3,(H,22,24)(H,23,27)(H,25,26)/t14-,15+/m0/s1. The molecule has 1 heterocycles. The van der Waals surface area contributed by atoms with Crippen LogP contribution in [0.1, 0.15) is 53.7 Å². The largest absolute Gasteiger partial charge is 0.480 e. The van der Waals surface area contributed by atoms with Crippen molar-refractivity contribution in [2.45, 2.75) is 72.1 Å². The molecule has 0 bridgehead atoms. The number of carbonyl (C=O) groups excluding carboxylic acids is 2. The second-order valence-corrected chi connectivity index (χ2v) is 8.89. The number of ether oxygens (including phenoxy) is 1. The Morgan fingerprint density at radius 2 is 1.71 bits per heavy atom. The van der Waals surface area contributed by atoms with Gasteiger partial charge in [0.2, 0.25) is 5.91 Å². The monoisotopic (exact) mass is 393 g/mol. The first-order valence-electron chi connectivity index (χ1n) is 9.19. The molecule has 1 aromatic rings. The summed E-state index contributed by atoms with van der Waals surface area (Å²) in [6.45, 7) is 10.9. The predicted octanol–water partition coefficient (Wildman–Crippen LogP) is 2.52. The number of rotatable bonds is 7. The fraction of sp³-hybridized carbons (Fsp3) is 0.600. The van der Waals surface area contributed by atoms with Crippen LogP contribution >= 0.6 is 0 Å². The van der Waals surface area contributed by atoms with Crippen LogP contribution in [0.5, 0.6) is 0 Å². The molecule has 2 atom stereocenters. The fourth-order valence-electron chi connectivity index (χ4n) is 2.47. The Bertz CT molecular complexity index is 677. The Labute approximate surface area is 166 Å². The van der Waals surface area contributed by atoms with Crippen LogP contribution in [-0.4, -0.2) is 45.7 Å². The van der Waals surface area contributed by atoms with Gasteiger partial charge in [-0.2, -0.15) is 0 Å². The van der Waals surface area contributed by atoms with E-state index in [9.17, 15) is 19.5 Å². The van der Waals surface area contributed by atoms with Gasteiger partial charge in [-0.05, 0) is 44.7 Å². The van der Waals surface area contributed by atoms with E-state index in [-0.39, 0.29) is 11.8 Å². The number of hydrogen-bond donors (Lipinski definition) is 3. The molecular weight excluding hydrogens is 362 g/mol. The van der Waals surface area contributed by atoms with Crippen LogP contribution in [0.15, 0.2) is 24.4 Å². The highest BCUT2D eigenvalue weighted by Gasteiger charge is 2.31. The van der Waals surface area contributed by atoms with Gasteiger partial charge < -0.3 is 20.5 Å². The molecule has 0 spiro atoms. The molecule has 3 N–H and O–H groups in total. The van der Waals surface area contributed by atoms with E-state index in [0.29, 0.717) is 12.1 Å². The SMILES string of the molecule is CC(C)(C)C[C@@H](NC(=O)OC(C)(C)C)C(=O)N[C@@H](Cc1ccccn1)C(=O)O. The van der Waals surface area contributed by atoms with Gasteiger partial charge in [-0.1, -0.05) is 26.8 Å². The van der Waals surface area contributed by atoms with Gasteiger partial charge >= 0.3 is 12.1 Å².